The van der Waals surface area contributed by atoms with Gasteiger partial charge in [0.15, 0.2) is 0 Å². The van der Waals surface area contributed by atoms with E-state index in [2.05, 4.69) is 10.6 Å². The molecular weight excluding hydrogens is 300 g/mol. The van der Waals surface area contributed by atoms with Crippen LogP contribution in [0.15, 0.2) is 30.0 Å². The number of nitro groups is 1. The molecule has 8 heteroatoms. The average Bonchev–Trinajstić information content (AvgIpc) is 2.53. The lowest BCUT2D eigenvalue weighted by molar-refractivity contribution is -0.384. The van der Waals surface area contributed by atoms with E-state index in [4.69, 9.17) is 10.00 Å². The maximum absolute atomic E-state index is 11.8. The Morgan fingerprint density at radius 3 is 2.74 bits per heavy atom. The van der Waals surface area contributed by atoms with Crippen LogP contribution in [0.1, 0.15) is 13.8 Å². The zero-order chi connectivity index (χ0) is 17.4. The predicted octanol–water partition coefficient (Wildman–Crippen LogP) is 2.19. The summed E-state index contributed by atoms with van der Waals surface area (Å²) >= 11 is 0. The van der Waals surface area contributed by atoms with Crippen molar-refractivity contribution >= 4 is 17.3 Å². The molecule has 1 amide bonds. The standard InChI is InChI=1S/C15H18N4O4/c1-10(2)8-18-15(20)11(7-16)9-17-13-5-4-12(19(21)22)6-14(13)23-3/h4-6,9-10,17H,8H2,1-3H3,(H,18,20)/b11-9-. The summed E-state index contributed by atoms with van der Waals surface area (Å²) in [6.07, 6.45) is 1.24. The van der Waals surface area contributed by atoms with Gasteiger partial charge in [-0.25, -0.2) is 0 Å². The summed E-state index contributed by atoms with van der Waals surface area (Å²) in [4.78, 5) is 22.0. The van der Waals surface area contributed by atoms with Crippen molar-refractivity contribution in [3.8, 4) is 11.8 Å². The maximum atomic E-state index is 11.8. The van der Waals surface area contributed by atoms with Gasteiger partial charge < -0.3 is 15.4 Å². The Morgan fingerprint density at radius 2 is 2.22 bits per heavy atom. The van der Waals surface area contributed by atoms with E-state index < -0.39 is 10.8 Å². The third-order valence-electron chi connectivity index (χ3n) is 2.80. The summed E-state index contributed by atoms with van der Waals surface area (Å²) in [6.45, 7) is 4.34. The molecule has 0 atom stereocenters. The highest BCUT2D eigenvalue weighted by molar-refractivity contribution is 5.97. The summed E-state index contributed by atoms with van der Waals surface area (Å²) in [6, 6.07) is 5.79. The van der Waals surface area contributed by atoms with Gasteiger partial charge in [-0.2, -0.15) is 5.26 Å². The Labute approximate surface area is 133 Å². The number of nitrogens with one attached hydrogen (secondary N) is 2. The Hall–Kier alpha value is -3.08. The van der Waals surface area contributed by atoms with Crippen LogP contribution in [0, 0.1) is 27.4 Å². The number of methoxy groups -OCH3 is 1. The van der Waals surface area contributed by atoms with E-state index in [0.29, 0.717) is 12.2 Å². The minimum atomic E-state index is -0.539. The number of benzene rings is 1. The van der Waals surface area contributed by atoms with Crippen LogP contribution in [0.5, 0.6) is 5.75 Å². The normalized spacial score (nSPS) is 10.8. The number of hydrogen-bond donors (Lipinski definition) is 2. The molecule has 0 saturated carbocycles. The van der Waals surface area contributed by atoms with Gasteiger partial charge in [0.05, 0.1) is 23.8 Å². The first-order chi connectivity index (χ1) is 10.9. The Balaban J connectivity index is 2.91. The van der Waals surface area contributed by atoms with Crippen LogP contribution in [0.2, 0.25) is 0 Å². The van der Waals surface area contributed by atoms with Crippen molar-refractivity contribution in [3.63, 3.8) is 0 Å². The molecule has 0 aliphatic heterocycles. The fourth-order valence-electron chi connectivity index (χ4n) is 1.60. The molecule has 0 aromatic heterocycles. The predicted molar refractivity (Wildman–Crippen MR) is 84.8 cm³/mol. The summed E-state index contributed by atoms with van der Waals surface area (Å²) in [7, 11) is 1.37. The monoisotopic (exact) mass is 318 g/mol. The molecule has 0 fully saturated rings. The molecule has 0 heterocycles. The molecule has 0 aliphatic rings. The first-order valence-corrected chi connectivity index (χ1v) is 6.86. The smallest absolute Gasteiger partial charge is 0.273 e. The minimum Gasteiger partial charge on any atom is -0.494 e. The van der Waals surface area contributed by atoms with Crippen molar-refractivity contribution in [2.75, 3.05) is 19.0 Å². The zero-order valence-electron chi connectivity index (χ0n) is 13.1. The minimum absolute atomic E-state index is 0.106. The lowest BCUT2D eigenvalue weighted by atomic mass is 10.2. The van der Waals surface area contributed by atoms with Crippen LogP contribution >= 0.6 is 0 Å². The Morgan fingerprint density at radius 1 is 1.52 bits per heavy atom. The number of rotatable bonds is 7. The van der Waals surface area contributed by atoms with Crippen LogP contribution < -0.4 is 15.4 Å². The van der Waals surface area contributed by atoms with Crippen molar-refractivity contribution in [1.82, 2.24) is 5.32 Å². The molecule has 122 valence electrons. The van der Waals surface area contributed by atoms with Crippen molar-refractivity contribution in [2.24, 2.45) is 5.92 Å². The third-order valence-corrected chi connectivity index (χ3v) is 2.80. The molecule has 0 bridgehead atoms. The zero-order valence-corrected chi connectivity index (χ0v) is 13.1. The van der Waals surface area contributed by atoms with Crippen LogP contribution in [0.4, 0.5) is 11.4 Å². The van der Waals surface area contributed by atoms with Crippen molar-refractivity contribution < 1.29 is 14.5 Å². The Kier molecular flexibility index (Phi) is 6.55. The Bertz CT molecular complexity index is 662. The molecule has 0 saturated heterocycles. The summed E-state index contributed by atoms with van der Waals surface area (Å²) in [5, 5.41) is 25.2. The summed E-state index contributed by atoms with van der Waals surface area (Å²) in [5.74, 6) is 0.00604. The molecule has 1 aromatic rings. The van der Waals surface area contributed by atoms with E-state index in [0.717, 1.165) is 0 Å². The van der Waals surface area contributed by atoms with E-state index in [-0.39, 0.29) is 22.9 Å². The lowest BCUT2D eigenvalue weighted by Crippen LogP contribution is -2.28. The fourth-order valence-corrected chi connectivity index (χ4v) is 1.60. The van der Waals surface area contributed by atoms with Gasteiger partial charge in [-0.1, -0.05) is 13.8 Å². The molecule has 2 N–H and O–H groups in total. The van der Waals surface area contributed by atoms with Gasteiger partial charge in [-0.3, -0.25) is 14.9 Å². The second-order valence-corrected chi connectivity index (χ2v) is 5.06. The van der Waals surface area contributed by atoms with E-state index in [1.165, 1.54) is 31.5 Å². The van der Waals surface area contributed by atoms with Gasteiger partial charge in [0.25, 0.3) is 11.6 Å². The first kappa shape index (κ1) is 18.0. The molecule has 0 spiro atoms. The van der Waals surface area contributed by atoms with Gasteiger partial charge in [-0.15, -0.1) is 0 Å². The molecule has 1 rings (SSSR count). The van der Waals surface area contributed by atoms with Crippen molar-refractivity contribution in [2.45, 2.75) is 13.8 Å². The molecule has 8 nitrogen and oxygen atoms in total. The SMILES string of the molecule is COc1cc([N+](=O)[O-])ccc1N/C=C(/C#N)C(=O)NCC(C)C. The van der Waals surface area contributed by atoms with Crippen LogP contribution in [-0.2, 0) is 4.79 Å². The quantitative estimate of drug-likeness (QED) is 0.344. The van der Waals surface area contributed by atoms with Crippen LogP contribution in [-0.4, -0.2) is 24.5 Å². The summed E-state index contributed by atoms with van der Waals surface area (Å²) in [5.41, 5.74) is 0.181. The third kappa shape index (κ3) is 5.32. The molecule has 0 aliphatic carbocycles. The van der Waals surface area contributed by atoms with E-state index in [9.17, 15) is 14.9 Å². The molecule has 23 heavy (non-hydrogen) atoms. The van der Waals surface area contributed by atoms with Gasteiger partial charge in [0.1, 0.15) is 17.4 Å². The summed E-state index contributed by atoms with van der Waals surface area (Å²) < 4.78 is 5.06. The second kappa shape index (κ2) is 8.38. The maximum Gasteiger partial charge on any atom is 0.273 e. The van der Waals surface area contributed by atoms with Crippen LogP contribution in [0.3, 0.4) is 0 Å². The number of ether oxygens (including phenoxy) is 1. The highest BCUT2D eigenvalue weighted by atomic mass is 16.6. The van der Waals surface area contributed by atoms with E-state index in [1.807, 2.05) is 13.8 Å². The van der Waals surface area contributed by atoms with Gasteiger partial charge in [-0.05, 0) is 12.0 Å². The second-order valence-electron chi connectivity index (χ2n) is 5.06. The largest absolute Gasteiger partial charge is 0.494 e. The molecule has 0 radical (unpaired) electrons. The highest BCUT2D eigenvalue weighted by Gasteiger charge is 2.12. The highest BCUT2D eigenvalue weighted by Crippen LogP contribution is 2.29. The number of hydrogen-bond acceptors (Lipinski definition) is 6. The fraction of sp³-hybridized carbons (Fsp3) is 0.333. The average molecular weight is 318 g/mol. The number of non-ortho nitro benzene ring substituents is 1. The number of nitrogens with zero attached hydrogens (tertiary/aromatic N) is 2. The number of anilines is 1. The van der Waals surface area contributed by atoms with Gasteiger partial charge >= 0.3 is 0 Å². The van der Waals surface area contributed by atoms with E-state index >= 15 is 0 Å². The number of nitriles is 1. The number of amides is 1. The van der Waals surface area contributed by atoms with E-state index in [1.54, 1.807) is 6.07 Å². The van der Waals surface area contributed by atoms with Crippen molar-refractivity contribution in [3.05, 3.63) is 40.1 Å². The lowest BCUT2D eigenvalue weighted by Gasteiger charge is -2.09. The topological polar surface area (TPSA) is 117 Å². The molecule has 0 unspecified atom stereocenters. The number of nitro benzene ring substituents is 1. The first-order valence-electron chi connectivity index (χ1n) is 6.86. The van der Waals surface area contributed by atoms with Gasteiger partial charge in [0, 0.05) is 18.8 Å². The number of carbonyl (C=O) groups is 1. The molecular formula is C15H18N4O4. The van der Waals surface area contributed by atoms with Crippen LogP contribution in [0.25, 0.3) is 0 Å². The van der Waals surface area contributed by atoms with Crippen molar-refractivity contribution in [1.29, 1.82) is 5.26 Å². The molecule has 1 aromatic carbocycles. The van der Waals surface area contributed by atoms with Gasteiger partial charge in [0.2, 0.25) is 0 Å². The number of carbonyl (C=O) groups excluding carboxylic acids is 1.